The van der Waals surface area contributed by atoms with Crippen LogP contribution in [-0.2, 0) is 6.42 Å². The number of fused-ring (bicyclic) bond motifs is 1. The van der Waals surface area contributed by atoms with Crippen LogP contribution in [0.4, 0.5) is 0 Å². The summed E-state index contributed by atoms with van der Waals surface area (Å²) in [5.74, 6) is 1.61. The third-order valence-corrected chi connectivity index (χ3v) is 7.18. The molecule has 3 atom stereocenters. The average molecular weight is 512 g/mol. The number of nitrogens with zero attached hydrogens (tertiary/aromatic N) is 6. The topological polar surface area (TPSA) is 119 Å². The van der Waals surface area contributed by atoms with Gasteiger partial charge in [-0.15, -0.1) is 0 Å². The Hall–Kier alpha value is -2.95. The number of carbonyl (C=O) groups excluding carboxylic acids is 1. The van der Waals surface area contributed by atoms with Crippen LogP contribution in [0.15, 0.2) is 36.9 Å². The first-order valence-corrected chi connectivity index (χ1v) is 12.8. The van der Waals surface area contributed by atoms with Gasteiger partial charge in [0, 0.05) is 30.9 Å². The SMILES string of the molecule is CC(C)Cc1nc2cnc(-c3ncccn3)cc2n1[C@@H]1C[C@@H](O)C[C@H](NC(=O)c2ncc(Cl)s2)C1. The fourth-order valence-electron chi connectivity index (χ4n) is 4.71. The van der Waals surface area contributed by atoms with Gasteiger partial charge >= 0.3 is 0 Å². The summed E-state index contributed by atoms with van der Waals surface area (Å²) in [6.07, 6.45) is 8.56. The molecule has 5 rings (SSSR count). The quantitative estimate of drug-likeness (QED) is 0.400. The van der Waals surface area contributed by atoms with Gasteiger partial charge in [0.05, 0.1) is 24.0 Å². The van der Waals surface area contributed by atoms with E-state index < -0.39 is 6.10 Å². The lowest BCUT2D eigenvalue weighted by Gasteiger charge is -2.34. The zero-order chi connectivity index (χ0) is 24.5. The minimum atomic E-state index is -0.554. The molecule has 0 spiro atoms. The molecule has 0 aromatic carbocycles. The molecule has 0 bridgehead atoms. The van der Waals surface area contributed by atoms with E-state index in [1.165, 1.54) is 6.20 Å². The summed E-state index contributed by atoms with van der Waals surface area (Å²) in [4.78, 5) is 34.9. The fourth-order valence-corrected chi connectivity index (χ4v) is 5.53. The fraction of sp³-hybridized carbons (Fsp3) is 0.417. The van der Waals surface area contributed by atoms with E-state index in [-0.39, 0.29) is 18.0 Å². The Morgan fingerprint density at radius 3 is 2.71 bits per heavy atom. The Labute approximate surface area is 211 Å². The van der Waals surface area contributed by atoms with Crippen LogP contribution < -0.4 is 5.32 Å². The van der Waals surface area contributed by atoms with E-state index >= 15 is 0 Å². The normalized spacial score (nSPS) is 20.4. The van der Waals surface area contributed by atoms with E-state index in [1.54, 1.807) is 24.7 Å². The number of thiazole rings is 1. The van der Waals surface area contributed by atoms with Crippen molar-refractivity contribution in [3.8, 4) is 11.5 Å². The molecule has 0 unspecified atom stereocenters. The van der Waals surface area contributed by atoms with Gasteiger partial charge in [0.15, 0.2) is 10.8 Å². The maximum atomic E-state index is 12.7. The van der Waals surface area contributed by atoms with E-state index in [0.717, 1.165) is 34.6 Å². The molecule has 182 valence electrons. The lowest BCUT2D eigenvalue weighted by atomic mass is 9.88. The highest BCUT2D eigenvalue weighted by Crippen LogP contribution is 2.35. The van der Waals surface area contributed by atoms with E-state index in [1.807, 2.05) is 6.07 Å². The smallest absolute Gasteiger partial charge is 0.280 e. The van der Waals surface area contributed by atoms with Crippen molar-refractivity contribution in [1.82, 2.24) is 34.8 Å². The van der Waals surface area contributed by atoms with Crippen molar-refractivity contribution in [3.05, 3.63) is 52.1 Å². The minimum absolute atomic E-state index is 0.0466. The van der Waals surface area contributed by atoms with Gasteiger partial charge < -0.3 is 15.0 Å². The Morgan fingerprint density at radius 2 is 2.00 bits per heavy atom. The largest absolute Gasteiger partial charge is 0.393 e. The highest BCUT2D eigenvalue weighted by atomic mass is 35.5. The van der Waals surface area contributed by atoms with Crippen molar-refractivity contribution in [2.24, 2.45) is 5.92 Å². The number of carbonyl (C=O) groups is 1. The predicted octanol–water partition coefficient (Wildman–Crippen LogP) is 4.08. The summed E-state index contributed by atoms with van der Waals surface area (Å²) < 4.78 is 2.68. The molecule has 0 radical (unpaired) electrons. The molecule has 1 aliphatic rings. The maximum Gasteiger partial charge on any atom is 0.280 e. The van der Waals surface area contributed by atoms with E-state index in [0.29, 0.717) is 46.0 Å². The molecule has 1 amide bonds. The molecule has 1 fully saturated rings. The number of pyridine rings is 1. The number of amides is 1. The summed E-state index contributed by atoms with van der Waals surface area (Å²) in [7, 11) is 0. The van der Waals surface area contributed by atoms with Crippen molar-refractivity contribution in [1.29, 1.82) is 0 Å². The minimum Gasteiger partial charge on any atom is -0.393 e. The van der Waals surface area contributed by atoms with E-state index in [4.69, 9.17) is 16.6 Å². The lowest BCUT2D eigenvalue weighted by Crippen LogP contribution is -2.43. The Bertz CT molecular complexity index is 1340. The monoisotopic (exact) mass is 511 g/mol. The molecule has 0 aliphatic heterocycles. The van der Waals surface area contributed by atoms with Gasteiger partial charge in [0.25, 0.3) is 5.91 Å². The average Bonchev–Trinajstić information content (AvgIpc) is 3.41. The molecule has 4 aromatic heterocycles. The number of nitrogens with one attached hydrogen (secondary N) is 1. The van der Waals surface area contributed by atoms with Gasteiger partial charge in [-0.2, -0.15) is 0 Å². The molecule has 11 heteroatoms. The first-order valence-electron chi connectivity index (χ1n) is 11.6. The van der Waals surface area contributed by atoms with Crippen LogP contribution in [0.5, 0.6) is 0 Å². The summed E-state index contributed by atoms with van der Waals surface area (Å²) in [6.45, 7) is 4.31. The number of halogens is 1. The summed E-state index contributed by atoms with van der Waals surface area (Å²) in [6, 6.07) is 3.48. The van der Waals surface area contributed by atoms with Gasteiger partial charge in [0.2, 0.25) is 0 Å². The second-order valence-electron chi connectivity index (χ2n) is 9.28. The maximum absolute atomic E-state index is 12.7. The summed E-state index contributed by atoms with van der Waals surface area (Å²) in [5.41, 5.74) is 2.38. The van der Waals surface area contributed by atoms with Crippen molar-refractivity contribution in [2.75, 3.05) is 0 Å². The number of rotatable bonds is 6. The van der Waals surface area contributed by atoms with Gasteiger partial charge in [-0.25, -0.2) is 19.9 Å². The first-order chi connectivity index (χ1) is 16.9. The van der Waals surface area contributed by atoms with Gasteiger partial charge in [-0.05, 0) is 37.3 Å². The predicted molar refractivity (Wildman–Crippen MR) is 134 cm³/mol. The number of hydrogen-bond donors (Lipinski definition) is 2. The van der Waals surface area contributed by atoms with Crippen molar-refractivity contribution < 1.29 is 9.90 Å². The summed E-state index contributed by atoms with van der Waals surface area (Å²) in [5, 5.41) is 14.1. The standard InChI is InChI=1S/C24H26ClN7O2S/c1-13(2)6-21-31-18-11-28-17(22-26-4-3-5-27-22)10-19(18)32(21)15-7-14(8-16(33)9-15)30-23(34)24-29-12-20(25)35-24/h3-5,10-16,33H,6-9H2,1-2H3,(H,30,34)/t14-,15+,16+/m1/s1. The van der Waals surface area contributed by atoms with Crippen molar-refractivity contribution in [3.63, 3.8) is 0 Å². The number of aliphatic hydroxyl groups excluding tert-OH is 1. The number of aromatic nitrogens is 6. The first kappa shape index (κ1) is 23.8. The molecule has 4 heterocycles. The third-order valence-electron chi connectivity index (χ3n) is 6.06. The third kappa shape index (κ3) is 5.19. The van der Waals surface area contributed by atoms with Crippen LogP contribution in [-0.4, -0.2) is 52.6 Å². The van der Waals surface area contributed by atoms with Crippen molar-refractivity contribution in [2.45, 2.75) is 57.7 Å². The second-order valence-corrected chi connectivity index (χ2v) is 10.9. The van der Waals surface area contributed by atoms with Crippen LogP contribution >= 0.6 is 22.9 Å². The molecule has 4 aromatic rings. The molecule has 2 N–H and O–H groups in total. The van der Waals surface area contributed by atoms with Gasteiger partial charge in [-0.3, -0.25) is 9.78 Å². The number of hydrogen-bond acceptors (Lipinski definition) is 8. The summed E-state index contributed by atoms with van der Waals surface area (Å²) >= 11 is 7.08. The van der Waals surface area contributed by atoms with E-state index in [9.17, 15) is 9.90 Å². The van der Waals surface area contributed by atoms with Gasteiger partial charge in [-0.1, -0.05) is 36.8 Å². The molecule has 1 saturated carbocycles. The molecular weight excluding hydrogens is 486 g/mol. The molecule has 1 aliphatic carbocycles. The Balaban J connectivity index is 1.49. The van der Waals surface area contributed by atoms with Crippen LogP contribution in [0.1, 0.15) is 54.8 Å². The van der Waals surface area contributed by atoms with Crippen LogP contribution in [0.2, 0.25) is 4.34 Å². The molecule has 9 nitrogen and oxygen atoms in total. The zero-order valence-electron chi connectivity index (χ0n) is 19.4. The second kappa shape index (κ2) is 9.96. The number of imidazole rings is 1. The van der Waals surface area contributed by atoms with Gasteiger partial charge in [0.1, 0.15) is 21.4 Å². The Morgan fingerprint density at radius 1 is 1.20 bits per heavy atom. The molecule has 35 heavy (non-hydrogen) atoms. The van der Waals surface area contributed by atoms with Crippen LogP contribution in [0.3, 0.4) is 0 Å². The zero-order valence-corrected chi connectivity index (χ0v) is 21.0. The highest BCUT2D eigenvalue weighted by molar-refractivity contribution is 7.17. The van der Waals surface area contributed by atoms with E-state index in [2.05, 4.69) is 43.7 Å². The number of aliphatic hydroxyl groups is 1. The molecule has 0 saturated heterocycles. The van der Waals surface area contributed by atoms with Crippen LogP contribution in [0.25, 0.3) is 22.6 Å². The lowest BCUT2D eigenvalue weighted by molar-refractivity contribution is 0.0740. The molecular formula is C24H26ClN7O2S. The van der Waals surface area contributed by atoms with Crippen LogP contribution in [0, 0.1) is 5.92 Å². The highest BCUT2D eigenvalue weighted by Gasteiger charge is 2.33. The van der Waals surface area contributed by atoms with Crippen molar-refractivity contribution >= 4 is 39.9 Å². The Kier molecular flexibility index (Phi) is 6.77.